The molecule has 0 amide bonds. The van der Waals surface area contributed by atoms with Gasteiger partial charge in [0.15, 0.2) is 5.82 Å². The van der Waals surface area contributed by atoms with Crippen LogP contribution < -0.4 is 5.73 Å². The van der Waals surface area contributed by atoms with Crippen molar-refractivity contribution in [3.05, 3.63) is 17.6 Å². The maximum Gasteiger partial charge on any atom is 0.151 e. The molecule has 2 aromatic rings. The summed E-state index contributed by atoms with van der Waals surface area (Å²) in [6, 6.07) is 1.17. The molecule has 0 bridgehead atoms. The first-order chi connectivity index (χ1) is 16.4. The van der Waals surface area contributed by atoms with Crippen LogP contribution in [0.4, 0.5) is 5.82 Å². The molecule has 3 heterocycles. The fourth-order valence-corrected chi connectivity index (χ4v) is 5.56. The molecule has 1 fully saturated rings. The van der Waals surface area contributed by atoms with E-state index < -0.39 is 8.07 Å². The quantitative estimate of drug-likeness (QED) is 0.237. The molecule has 1 aliphatic rings. The van der Waals surface area contributed by atoms with Gasteiger partial charge >= 0.3 is 0 Å². The maximum atomic E-state index is 6.46. The zero-order valence-electron chi connectivity index (χ0n) is 22.4. The van der Waals surface area contributed by atoms with Gasteiger partial charge in [0.25, 0.3) is 0 Å². The summed E-state index contributed by atoms with van der Waals surface area (Å²) in [5, 5.41) is 0. The van der Waals surface area contributed by atoms with Crippen LogP contribution in [0.3, 0.4) is 0 Å². The summed E-state index contributed by atoms with van der Waals surface area (Å²) in [4.78, 5) is 12.3. The van der Waals surface area contributed by atoms with E-state index in [9.17, 15) is 0 Å². The highest BCUT2D eigenvalue weighted by molar-refractivity contribution is 6.76. The Bertz CT molecular complexity index is 870. The van der Waals surface area contributed by atoms with E-state index >= 15 is 0 Å². The van der Waals surface area contributed by atoms with E-state index in [-0.39, 0.29) is 0 Å². The summed E-state index contributed by atoms with van der Waals surface area (Å²) in [7, 11) is -1.10. The third kappa shape index (κ3) is 8.65. The molecule has 0 aliphatic carbocycles. The summed E-state index contributed by atoms with van der Waals surface area (Å²) in [6.07, 6.45) is 15.7. The molecule has 6 nitrogen and oxygen atoms in total. The highest BCUT2D eigenvalue weighted by atomic mass is 28.3. The van der Waals surface area contributed by atoms with Crippen LogP contribution in [0.5, 0.6) is 0 Å². The summed E-state index contributed by atoms with van der Waals surface area (Å²) in [5.41, 5.74) is 9.75. The predicted molar refractivity (Wildman–Crippen MR) is 147 cm³/mol. The number of fused-ring (bicyclic) bond motifs is 1. The fraction of sp³-hybridized carbons (Fsp3) is 0.778. The third-order valence-corrected chi connectivity index (χ3v) is 8.66. The lowest BCUT2D eigenvalue weighted by Gasteiger charge is -2.26. The van der Waals surface area contributed by atoms with Gasteiger partial charge in [-0.05, 0) is 69.8 Å². The van der Waals surface area contributed by atoms with Gasteiger partial charge < -0.3 is 19.9 Å². The maximum absolute atomic E-state index is 6.46. The molecule has 0 spiro atoms. The minimum atomic E-state index is -1.10. The van der Waals surface area contributed by atoms with Crippen molar-refractivity contribution < 1.29 is 4.74 Å². The van der Waals surface area contributed by atoms with Crippen LogP contribution in [0, 0.1) is 0 Å². The first kappa shape index (κ1) is 27.1. The highest BCUT2D eigenvalue weighted by Crippen LogP contribution is 2.26. The van der Waals surface area contributed by atoms with E-state index in [0.29, 0.717) is 12.5 Å². The molecule has 3 rings (SSSR count). The SMILES string of the molecule is CCCCc1nc(N)c2c(n1)c(CCCCCCN1CCCCC1)cn2COCC[Si](C)(C)C. The number of anilines is 1. The van der Waals surface area contributed by atoms with E-state index in [1.54, 1.807) is 0 Å². The van der Waals surface area contributed by atoms with Gasteiger partial charge in [-0.25, -0.2) is 9.97 Å². The first-order valence-electron chi connectivity index (χ1n) is 13.8. The second-order valence-corrected chi connectivity index (χ2v) is 17.0. The van der Waals surface area contributed by atoms with Crippen LogP contribution in [0.25, 0.3) is 11.0 Å². The largest absolute Gasteiger partial charge is 0.382 e. The molecule has 0 unspecified atom stereocenters. The molecule has 7 heteroatoms. The molecular weight excluding hydrogens is 438 g/mol. The standard InChI is InChI=1S/C27H49N5OSi/c1-5-6-15-24-29-25-23(14-10-7-8-11-16-31-17-12-9-13-18-31)21-32(26(25)27(28)30-24)22-33-19-20-34(2,3)4/h21H,5-20,22H2,1-4H3,(H2,28,29,30). The topological polar surface area (TPSA) is 69.2 Å². The number of unbranched alkanes of at least 4 members (excludes halogenated alkanes) is 4. The number of rotatable bonds is 15. The van der Waals surface area contributed by atoms with E-state index in [0.717, 1.165) is 49.1 Å². The van der Waals surface area contributed by atoms with Gasteiger partial charge in [-0.3, -0.25) is 0 Å². The molecule has 34 heavy (non-hydrogen) atoms. The summed E-state index contributed by atoms with van der Waals surface area (Å²) in [5.74, 6) is 1.48. The Morgan fingerprint density at radius 3 is 2.47 bits per heavy atom. The van der Waals surface area contributed by atoms with Crippen molar-refractivity contribution in [3.63, 3.8) is 0 Å². The van der Waals surface area contributed by atoms with Crippen LogP contribution in [-0.2, 0) is 24.3 Å². The Morgan fingerprint density at radius 2 is 1.74 bits per heavy atom. The number of hydrogen-bond donors (Lipinski definition) is 1. The average molecular weight is 488 g/mol. The molecule has 0 atom stereocenters. The lowest BCUT2D eigenvalue weighted by atomic mass is 10.1. The second kappa shape index (κ2) is 13.6. The number of ether oxygens (including phenoxy) is 1. The molecule has 0 saturated carbocycles. The van der Waals surface area contributed by atoms with Crippen LogP contribution in [0.2, 0.25) is 25.7 Å². The summed E-state index contributed by atoms with van der Waals surface area (Å²) < 4.78 is 8.21. The number of nitrogens with zero attached hydrogens (tertiary/aromatic N) is 4. The molecule has 0 radical (unpaired) electrons. The fourth-order valence-electron chi connectivity index (χ4n) is 4.80. The highest BCUT2D eigenvalue weighted by Gasteiger charge is 2.17. The van der Waals surface area contributed by atoms with Crippen LogP contribution >= 0.6 is 0 Å². The van der Waals surface area contributed by atoms with Crippen LogP contribution in [0.1, 0.15) is 76.1 Å². The number of piperidine rings is 1. The Balaban J connectivity index is 1.60. The third-order valence-electron chi connectivity index (χ3n) is 6.96. The van der Waals surface area contributed by atoms with E-state index in [4.69, 9.17) is 15.5 Å². The van der Waals surface area contributed by atoms with Crippen molar-refractivity contribution in [2.75, 3.05) is 32.0 Å². The smallest absolute Gasteiger partial charge is 0.151 e. The minimum Gasteiger partial charge on any atom is -0.382 e. The summed E-state index contributed by atoms with van der Waals surface area (Å²) >= 11 is 0. The molecule has 2 aromatic heterocycles. The number of likely N-dealkylation sites (tertiary alicyclic amines) is 1. The Morgan fingerprint density at radius 1 is 0.971 bits per heavy atom. The van der Waals surface area contributed by atoms with Gasteiger partial charge in [0.05, 0.1) is 5.52 Å². The zero-order chi connectivity index (χ0) is 24.4. The first-order valence-corrected chi connectivity index (χ1v) is 17.5. The van der Waals surface area contributed by atoms with Gasteiger partial charge in [0, 0.05) is 27.3 Å². The van der Waals surface area contributed by atoms with Crippen molar-refractivity contribution in [1.29, 1.82) is 0 Å². The van der Waals surface area contributed by atoms with Gasteiger partial charge in [0.2, 0.25) is 0 Å². The van der Waals surface area contributed by atoms with E-state index in [2.05, 4.69) is 47.2 Å². The number of aromatic nitrogens is 3. The average Bonchev–Trinajstić information content (AvgIpc) is 3.15. The van der Waals surface area contributed by atoms with Gasteiger partial charge in [-0.1, -0.05) is 52.2 Å². The lowest BCUT2D eigenvalue weighted by Crippen LogP contribution is -2.30. The second-order valence-electron chi connectivity index (χ2n) is 11.4. The Hall–Kier alpha value is -1.44. The van der Waals surface area contributed by atoms with Crippen LogP contribution in [-0.4, -0.2) is 53.7 Å². The lowest BCUT2D eigenvalue weighted by molar-refractivity contribution is 0.0902. The molecular formula is C27H49N5OSi. The Kier molecular flexibility index (Phi) is 10.9. The van der Waals surface area contributed by atoms with Crippen molar-refractivity contribution >= 4 is 24.9 Å². The van der Waals surface area contributed by atoms with Crippen LogP contribution in [0.15, 0.2) is 6.20 Å². The predicted octanol–water partition coefficient (Wildman–Crippen LogP) is 6.26. The van der Waals surface area contributed by atoms with Gasteiger partial charge in [-0.15, -0.1) is 0 Å². The molecule has 1 saturated heterocycles. The normalized spacial score (nSPS) is 15.4. The molecule has 2 N–H and O–H groups in total. The molecule has 0 aromatic carbocycles. The Labute approximate surface area is 208 Å². The number of nitrogens with two attached hydrogens (primary N) is 1. The van der Waals surface area contributed by atoms with Crippen molar-refractivity contribution in [2.45, 2.75) is 110 Å². The van der Waals surface area contributed by atoms with E-state index in [1.165, 1.54) is 76.2 Å². The van der Waals surface area contributed by atoms with Crippen molar-refractivity contribution in [3.8, 4) is 0 Å². The van der Waals surface area contributed by atoms with Gasteiger partial charge in [-0.2, -0.15) is 0 Å². The van der Waals surface area contributed by atoms with E-state index in [1.807, 2.05) is 0 Å². The number of nitrogen functional groups attached to an aromatic ring is 1. The van der Waals surface area contributed by atoms with Gasteiger partial charge in [0.1, 0.15) is 18.1 Å². The molecule has 192 valence electrons. The summed E-state index contributed by atoms with van der Waals surface area (Å²) in [6.45, 7) is 14.6. The minimum absolute atomic E-state index is 0.526. The number of aryl methyl sites for hydroxylation is 2. The monoisotopic (exact) mass is 487 g/mol. The molecule has 1 aliphatic heterocycles. The number of hydrogen-bond acceptors (Lipinski definition) is 5. The van der Waals surface area contributed by atoms with Crippen molar-refractivity contribution in [2.24, 2.45) is 0 Å². The van der Waals surface area contributed by atoms with Crippen molar-refractivity contribution in [1.82, 2.24) is 19.4 Å². The zero-order valence-corrected chi connectivity index (χ0v) is 23.4.